The van der Waals surface area contributed by atoms with E-state index in [1.54, 1.807) is 0 Å². The van der Waals surface area contributed by atoms with Crippen molar-refractivity contribution < 1.29 is 35.5 Å². The number of hydrogen-bond donors (Lipinski definition) is 1. The molecule has 4 rings (SSSR count). The third-order valence-electron chi connectivity index (χ3n) is 5.34. The molecule has 0 saturated carbocycles. The minimum atomic E-state index is -5.03. The minimum Gasteiger partial charge on any atom is -0.346 e. The van der Waals surface area contributed by atoms with Gasteiger partial charge in [0.15, 0.2) is 5.69 Å². The first-order chi connectivity index (χ1) is 17.8. The van der Waals surface area contributed by atoms with Gasteiger partial charge in [0.2, 0.25) is 0 Å². The lowest BCUT2D eigenvalue weighted by atomic mass is 10.0. The lowest BCUT2D eigenvalue weighted by Crippen LogP contribution is -2.24. The Morgan fingerprint density at radius 2 is 1.55 bits per heavy atom. The first-order valence-electron chi connectivity index (χ1n) is 10.7. The van der Waals surface area contributed by atoms with Crippen molar-refractivity contribution in [1.29, 1.82) is 0 Å². The molecule has 0 spiro atoms. The molecule has 4 aromatic rings. The zero-order chi connectivity index (χ0) is 27.7. The van der Waals surface area contributed by atoms with Crippen molar-refractivity contribution in [3.8, 4) is 11.3 Å². The van der Waals surface area contributed by atoms with Crippen LogP contribution in [-0.4, -0.2) is 25.9 Å². The SMILES string of the molecule is O=C(NCc1ccc(F)cc1Cl)c1nnn(Cc2cc(C(F)(F)F)cc(C(F)(F)F)c2)c1-c1ccncc1. The van der Waals surface area contributed by atoms with Gasteiger partial charge in [0.25, 0.3) is 5.91 Å². The summed E-state index contributed by atoms with van der Waals surface area (Å²) in [6.07, 6.45) is -7.31. The smallest absolute Gasteiger partial charge is 0.346 e. The van der Waals surface area contributed by atoms with Crippen LogP contribution in [0, 0.1) is 5.82 Å². The van der Waals surface area contributed by atoms with Crippen molar-refractivity contribution in [2.45, 2.75) is 25.4 Å². The second-order valence-electron chi connectivity index (χ2n) is 8.01. The number of halogens is 8. The van der Waals surface area contributed by atoms with Gasteiger partial charge in [-0.3, -0.25) is 9.78 Å². The molecule has 2 aromatic heterocycles. The van der Waals surface area contributed by atoms with Gasteiger partial charge in [-0.05, 0) is 53.6 Å². The quantitative estimate of drug-likeness (QED) is 0.289. The second kappa shape index (κ2) is 10.4. The highest BCUT2D eigenvalue weighted by molar-refractivity contribution is 6.31. The summed E-state index contributed by atoms with van der Waals surface area (Å²) in [5, 5.41) is 10.3. The maximum Gasteiger partial charge on any atom is 0.416 e. The predicted molar refractivity (Wildman–Crippen MR) is 121 cm³/mol. The van der Waals surface area contributed by atoms with Crippen LogP contribution in [0.3, 0.4) is 0 Å². The van der Waals surface area contributed by atoms with Crippen molar-refractivity contribution >= 4 is 17.5 Å². The van der Waals surface area contributed by atoms with Gasteiger partial charge in [-0.15, -0.1) is 5.10 Å². The molecule has 2 aromatic carbocycles. The van der Waals surface area contributed by atoms with E-state index in [4.69, 9.17) is 11.6 Å². The predicted octanol–water partition coefficient (Wildman–Crippen LogP) is 6.15. The molecule has 0 aliphatic carbocycles. The summed E-state index contributed by atoms with van der Waals surface area (Å²) in [7, 11) is 0. The standard InChI is InChI=1S/C24H15ClF7N5O/c25-19-10-18(26)2-1-15(19)11-34-22(38)20-21(14-3-5-33-6-4-14)37(36-35-20)12-13-7-16(23(27,28)29)9-17(8-13)24(30,31)32/h1-10H,11-12H2,(H,34,38). The summed E-state index contributed by atoms with van der Waals surface area (Å²) in [4.78, 5) is 16.8. The van der Waals surface area contributed by atoms with E-state index < -0.39 is 41.7 Å². The molecule has 14 heteroatoms. The van der Waals surface area contributed by atoms with E-state index in [9.17, 15) is 35.5 Å². The van der Waals surface area contributed by atoms with Crippen LogP contribution < -0.4 is 5.32 Å². The molecule has 0 aliphatic heterocycles. The Balaban J connectivity index is 1.71. The van der Waals surface area contributed by atoms with Crippen molar-refractivity contribution in [3.05, 3.63) is 99.7 Å². The first-order valence-corrected chi connectivity index (χ1v) is 11.0. The van der Waals surface area contributed by atoms with Crippen LogP contribution in [0.5, 0.6) is 0 Å². The monoisotopic (exact) mass is 557 g/mol. The zero-order valence-electron chi connectivity index (χ0n) is 18.9. The van der Waals surface area contributed by atoms with Crippen molar-refractivity contribution in [1.82, 2.24) is 25.3 Å². The Morgan fingerprint density at radius 3 is 2.13 bits per heavy atom. The van der Waals surface area contributed by atoms with Crippen LogP contribution in [-0.2, 0) is 25.4 Å². The normalized spacial score (nSPS) is 12.0. The Hall–Kier alpha value is -4.00. The number of alkyl halides is 6. The molecular formula is C24H15ClF7N5O. The van der Waals surface area contributed by atoms with Crippen molar-refractivity contribution in [2.75, 3.05) is 0 Å². The molecule has 1 N–H and O–H groups in total. The molecule has 6 nitrogen and oxygen atoms in total. The van der Waals surface area contributed by atoms with Crippen LogP contribution in [0.25, 0.3) is 11.3 Å². The van der Waals surface area contributed by atoms with Gasteiger partial charge < -0.3 is 5.32 Å². The molecule has 0 atom stereocenters. The molecule has 0 bridgehead atoms. The van der Waals surface area contributed by atoms with Crippen molar-refractivity contribution in [3.63, 3.8) is 0 Å². The van der Waals surface area contributed by atoms with Gasteiger partial charge in [-0.2, -0.15) is 26.3 Å². The second-order valence-corrected chi connectivity index (χ2v) is 8.42. The number of rotatable bonds is 6. The number of hydrogen-bond acceptors (Lipinski definition) is 4. The van der Waals surface area contributed by atoms with E-state index in [1.165, 1.54) is 30.6 Å². The Labute approximate surface area is 215 Å². The average Bonchev–Trinajstić information content (AvgIpc) is 3.26. The Bertz CT molecular complexity index is 1440. The lowest BCUT2D eigenvalue weighted by Gasteiger charge is -2.15. The number of benzene rings is 2. The highest BCUT2D eigenvalue weighted by atomic mass is 35.5. The molecule has 0 unspecified atom stereocenters. The molecule has 1 amide bonds. The maximum absolute atomic E-state index is 13.3. The molecule has 0 saturated heterocycles. The fourth-order valence-electron chi connectivity index (χ4n) is 3.58. The topological polar surface area (TPSA) is 72.7 Å². The molecule has 0 fully saturated rings. The van der Waals surface area contributed by atoms with Crippen molar-refractivity contribution in [2.24, 2.45) is 0 Å². The number of amides is 1. The highest BCUT2D eigenvalue weighted by Crippen LogP contribution is 2.36. The van der Waals surface area contributed by atoms with E-state index in [0.717, 1.165) is 16.8 Å². The van der Waals surface area contributed by atoms with Crippen LogP contribution in [0.15, 0.2) is 60.9 Å². The zero-order valence-corrected chi connectivity index (χ0v) is 19.7. The van der Waals surface area contributed by atoms with Gasteiger partial charge >= 0.3 is 12.4 Å². The third kappa shape index (κ3) is 6.10. The van der Waals surface area contributed by atoms with Gasteiger partial charge in [0.05, 0.1) is 17.7 Å². The van der Waals surface area contributed by atoms with E-state index >= 15 is 0 Å². The molecular weight excluding hydrogens is 543 g/mol. The van der Waals surface area contributed by atoms with E-state index in [1.807, 2.05) is 0 Å². The average molecular weight is 558 g/mol. The van der Waals surface area contributed by atoms with Crippen LogP contribution >= 0.6 is 11.6 Å². The summed E-state index contributed by atoms with van der Waals surface area (Å²) < 4.78 is 94.2. The number of pyridine rings is 1. The van der Waals surface area contributed by atoms with E-state index in [2.05, 4.69) is 20.6 Å². The minimum absolute atomic E-state index is 0.0219. The van der Waals surface area contributed by atoms with E-state index in [0.29, 0.717) is 23.3 Å². The first kappa shape index (κ1) is 27.0. The Kier molecular flexibility index (Phi) is 7.40. The summed E-state index contributed by atoms with van der Waals surface area (Å²) in [6, 6.07) is 7.68. The molecule has 0 radical (unpaired) electrons. The maximum atomic E-state index is 13.3. The number of carbonyl (C=O) groups excluding carboxylic acids is 1. The molecule has 2 heterocycles. The summed E-state index contributed by atoms with van der Waals surface area (Å²) in [5.74, 6) is -1.33. The largest absolute Gasteiger partial charge is 0.416 e. The number of nitrogens with one attached hydrogen (secondary N) is 1. The third-order valence-corrected chi connectivity index (χ3v) is 5.69. The lowest BCUT2D eigenvalue weighted by molar-refractivity contribution is -0.143. The van der Waals surface area contributed by atoms with Gasteiger partial charge in [0, 0.05) is 29.5 Å². The molecule has 0 aliphatic rings. The highest BCUT2D eigenvalue weighted by Gasteiger charge is 2.37. The number of carbonyl (C=O) groups is 1. The summed E-state index contributed by atoms with van der Waals surface area (Å²) in [5.41, 5.74) is -2.83. The van der Waals surface area contributed by atoms with Gasteiger partial charge in [-0.25, -0.2) is 9.07 Å². The van der Waals surface area contributed by atoms with Crippen LogP contribution in [0.1, 0.15) is 32.7 Å². The van der Waals surface area contributed by atoms with Gasteiger partial charge in [-0.1, -0.05) is 22.9 Å². The summed E-state index contributed by atoms with van der Waals surface area (Å²) >= 11 is 5.98. The fourth-order valence-corrected chi connectivity index (χ4v) is 3.81. The molecule has 38 heavy (non-hydrogen) atoms. The Morgan fingerprint density at radius 1 is 0.921 bits per heavy atom. The molecule has 198 valence electrons. The number of nitrogens with zero attached hydrogens (tertiary/aromatic N) is 4. The number of aromatic nitrogens is 4. The fraction of sp³-hybridized carbons (Fsp3) is 0.167. The van der Waals surface area contributed by atoms with E-state index in [-0.39, 0.29) is 34.6 Å². The van der Waals surface area contributed by atoms with Crippen LogP contribution in [0.2, 0.25) is 5.02 Å². The summed E-state index contributed by atoms with van der Waals surface area (Å²) in [6.45, 7) is -0.683. The van der Waals surface area contributed by atoms with Crippen LogP contribution in [0.4, 0.5) is 30.7 Å². The van der Waals surface area contributed by atoms with Gasteiger partial charge in [0.1, 0.15) is 11.5 Å².